The third-order valence-corrected chi connectivity index (χ3v) is 3.50. The van der Waals surface area contributed by atoms with E-state index in [9.17, 15) is 0 Å². The normalized spacial score (nSPS) is 20.4. The Bertz CT molecular complexity index is 417. The number of rotatable bonds is 2. The van der Waals surface area contributed by atoms with Gasteiger partial charge in [0.1, 0.15) is 0 Å². The Morgan fingerprint density at radius 3 is 2.82 bits per heavy atom. The van der Waals surface area contributed by atoms with E-state index in [0.29, 0.717) is 5.92 Å². The first-order chi connectivity index (χ1) is 8.22. The zero-order valence-electron chi connectivity index (χ0n) is 10.7. The number of piperidine rings is 1. The molecule has 1 aliphatic heterocycles. The maximum absolute atomic E-state index is 9.06. The molecule has 0 radical (unpaired) electrons. The van der Waals surface area contributed by atoms with Gasteiger partial charge in [0.05, 0.1) is 12.0 Å². The van der Waals surface area contributed by atoms with Gasteiger partial charge in [0.25, 0.3) is 0 Å². The van der Waals surface area contributed by atoms with Gasteiger partial charge in [-0.3, -0.25) is 0 Å². The van der Waals surface area contributed by atoms with Gasteiger partial charge in [-0.2, -0.15) is 5.26 Å². The molecule has 0 N–H and O–H groups in total. The van der Waals surface area contributed by atoms with Crippen molar-refractivity contribution < 1.29 is 0 Å². The van der Waals surface area contributed by atoms with Crippen molar-refractivity contribution in [2.75, 3.05) is 18.0 Å². The molecule has 2 nitrogen and oxygen atoms in total. The van der Waals surface area contributed by atoms with Gasteiger partial charge in [0.15, 0.2) is 0 Å². The fourth-order valence-electron chi connectivity index (χ4n) is 2.57. The molecule has 1 unspecified atom stereocenters. The van der Waals surface area contributed by atoms with Crippen molar-refractivity contribution in [3.8, 4) is 6.07 Å². The van der Waals surface area contributed by atoms with E-state index in [4.69, 9.17) is 5.26 Å². The van der Waals surface area contributed by atoms with Crippen molar-refractivity contribution in [3.05, 3.63) is 29.8 Å². The number of hydrogen-bond acceptors (Lipinski definition) is 2. The van der Waals surface area contributed by atoms with Crippen LogP contribution in [0.2, 0.25) is 0 Å². The molecule has 1 aromatic carbocycles. The number of hydrogen-bond donors (Lipinski definition) is 0. The van der Waals surface area contributed by atoms with Crippen LogP contribution < -0.4 is 4.90 Å². The average molecular weight is 228 g/mol. The minimum absolute atomic E-state index is 0.198. The van der Waals surface area contributed by atoms with Crippen molar-refractivity contribution in [2.24, 2.45) is 5.92 Å². The van der Waals surface area contributed by atoms with Crippen LogP contribution in [0.3, 0.4) is 0 Å². The molecule has 1 aliphatic rings. The molecule has 17 heavy (non-hydrogen) atoms. The summed E-state index contributed by atoms with van der Waals surface area (Å²) >= 11 is 0. The van der Waals surface area contributed by atoms with Crippen molar-refractivity contribution in [1.29, 1.82) is 5.26 Å². The van der Waals surface area contributed by atoms with Gasteiger partial charge >= 0.3 is 0 Å². The lowest BCUT2D eigenvalue weighted by Gasteiger charge is -2.33. The molecule has 1 fully saturated rings. The van der Waals surface area contributed by atoms with Crippen molar-refractivity contribution >= 4 is 5.69 Å². The molecule has 1 saturated heterocycles. The Balaban J connectivity index is 2.25. The van der Waals surface area contributed by atoms with Gasteiger partial charge in [0, 0.05) is 18.8 Å². The summed E-state index contributed by atoms with van der Waals surface area (Å²) in [6.07, 6.45) is 2.18. The lowest BCUT2D eigenvalue weighted by Crippen LogP contribution is -2.35. The predicted molar refractivity (Wildman–Crippen MR) is 71.1 cm³/mol. The molecule has 0 bridgehead atoms. The molecule has 0 aromatic heterocycles. The average Bonchev–Trinajstić information content (AvgIpc) is 2.39. The van der Waals surface area contributed by atoms with Crippen LogP contribution in [0.25, 0.3) is 0 Å². The molecular formula is C15H20N2. The zero-order chi connectivity index (χ0) is 12.3. The van der Waals surface area contributed by atoms with E-state index in [1.807, 2.05) is 0 Å². The Morgan fingerprint density at radius 1 is 1.35 bits per heavy atom. The molecule has 0 amide bonds. The second kappa shape index (κ2) is 5.23. The summed E-state index contributed by atoms with van der Waals surface area (Å²) in [5, 5.41) is 9.06. The molecule has 1 atom stereocenters. The summed E-state index contributed by atoms with van der Waals surface area (Å²) in [6.45, 7) is 6.43. The SMILES string of the molecule is CC(C)c1ccccc1N1CCCC(C#N)C1. The number of benzene rings is 1. The summed E-state index contributed by atoms with van der Waals surface area (Å²) < 4.78 is 0. The first kappa shape index (κ1) is 12.0. The fourth-order valence-corrected chi connectivity index (χ4v) is 2.57. The van der Waals surface area contributed by atoms with Gasteiger partial charge in [-0.05, 0) is 30.4 Å². The minimum Gasteiger partial charge on any atom is -0.370 e. The number of para-hydroxylation sites is 1. The molecule has 0 spiro atoms. The van der Waals surface area contributed by atoms with Crippen LogP contribution in [0.15, 0.2) is 24.3 Å². The quantitative estimate of drug-likeness (QED) is 0.774. The van der Waals surface area contributed by atoms with Gasteiger partial charge in [-0.1, -0.05) is 32.0 Å². The largest absolute Gasteiger partial charge is 0.370 e. The Hall–Kier alpha value is -1.49. The first-order valence-electron chi connectivity index (χ1n) is 6.46. The maximum atomic E-state index is 9.06. The van der Waals surface area contributed by atoms with Crippen LogP contribution in [0.4, 0.5) is 5.69 Å². The summed E-state index contributed by atoms with van der Waals surface area (Å²) in [5.41, 5.74) is 2.72. The number of anilines is 1. The third-order valence-electron chi connectivity index (χ3n) is 3.50. The van der Waals surface area contributed by atoms with E-state index < -0.39 is 0 Å². The van der Waals surface area contributed by atoms with Crippen molar-refractivity contribution in [1.82, 2.24) is 0 Å². The molecule has 1 heterocycles. The van der Waals surface area contributed by atoms with Crippen LogP contribution in [0.1, 0.15) is 38.2 Å². The molecule has 90 valence electrons. The lowest BCUT2D eigenvalue weighted by atomic mass is 9.95. The Labute approximate surface area is 104 Å². The Kier molecular flexibility index (Phi) is 3.68. The standard InChI is InChI=1S/C15H20N2/c1-12(2)14-7-3-4-8-15(14)17-9-5-6-13(10-16)11-17/h3-4,7-8,12-13H,5-6,9,11H2,1-2H3. The summed E-state index contributed by atoms with van der Waals surface area (Å²) in [6, 6.07) is 11.0. The van der Waals surface area contributed by atoms with Crippen molar-refractivity contribution in [2.45, 2.75) is 32.6 Å². The first-order valence-corrected chi connectivity index (χ1v) is 6.46. The predicted octanol–water partition coefficient (Wildman–Crippen LogP) is 3.55. The number of nitrogens with zero attached hydrogens (tertiary/aromatic N) is 2. The van der Waals surface area contributed by atoms with E-state index in [1.54, 1.807) is 0 Å². The lowest BCUT2D eigenvalue weighted by molar-refractivity contribution is 0.492. The van der Waals surface area contributed by atoms with Gasteiger partial charge in [-0.15, -0.1) is 0 Å². The molecule has 0 saturated carbocycles. The van der Waals surface area contributed by atoms with E-state index in [2.05, 4.69) is 49.1 Å². The monoisotopic (exact) mass is 228 g/mol. The zero-order valence-corrected chi connectivity index (χ0v) is 10.7. The summed E-state index contributed by atoms with van der Waals surface area (Å²) in [7, 11) is 0. The van der Waals surface area contributed by atoms with Gasteiger partial charge in [-0.25, -0.2) is 0 Å². The van der Waals surface area contributed by atoms with E-state index in [-0.39, 0.29) is 5.92 Å². The molecule has 1 aromatic rings. The maximum Gasteiger partial charge on any atom is 0.0674 e. The Morgan fingerprint density at radius 2 is 2.12 bits per heavy atom. The van der Waals surface area contributed by atoms with Crippen LogP contribution in [-0.2, 0) is 0 Å². The number of nitriles is 1. The van der Waals surface area contributed by atoms with Crippen LogP contribution in [-0.4, -0.2) is 13.1 Å². The van der Waals surface area contributed by atoms with Crippen molar-refractivity contribution in [3.63, 3.8) is 0 Å². The molecule has 2 rings (SSSR count). The fraction of sp³-hybridized carbons (Fsp3) is 0.533. The van der Waals surface area contributed by atoms with Crippen LogP contribution in [0, 0.1) is 17.2 Å². The smallest absolute Gasteiger partial charge is 0.0674 e. The third kappa shape index (κ3) is 2.61. The molecular weight excluding hydrogens is 208 g/mol. The molecule has 0 aliphatic carbocycles. The van der Waals surface area contributed by atoms with Crippen LogP contribution >= 0.6 is 0 Å². The highest BCUT2D eigenvalue weighted by molar-refractivity contribution is 5.55. The minimum atomic E-state index is 0.198. The van der Waals surface area contributed by atoms with Gasteiger partial charge < -0.3 is 4.90 Å². The second-order valence-corrected chi connectivity index (χ2v) is 5.13. The van der Waals surface area contributed by atoms with E-state index in [0.717, 1.165) is 25.9 Å². The highest BCUT2D eigenvalue weighted by Crippen LogP contribution is 2.30. The van der Waals surface area contributed by atoms with E-state index >= 15 is 0 Å². The summed E-state index contributed by atoms with van der Waals surface area (Å²) in [5.74, 6) is 0.734. The van der Waals surface area contributed by atoms with Gasteiger partial charge in [0.2, 0.25) is 0 Å². The van der Waals surface area contributed by atoms with Crippen LogP contribution in [0.5, 0.6) is 0 Å². The second-order valence-electron chi connectivity index (χ2n) is 5.13. The molecule has 2 heteroatoms. The summed E-state index contributed by atoms with van der Waals surface area (Å²) in [4.78, 5) is 2.38. The topological polar surface area (TPSA) is 27.0 Å². The highest BCUT2D eigenvalue weighted by Gasteiger charge is 2.21. The highest BCUT2D eigenvalue weighted by atomic mass is 15.1. The van der Waals surface area contributed by atoms with E-state index in [1.165, 1.54) is 11.3 Å².